The summed E-state index contributed by atoms with van der Waals surface area (Å²) in [7, 11) is 3.36. The second-order valence-electron chi connectivity index (χ2n) is 10.1. The van der Waals surface area contributed by atoms with Gasteiger partial charge in [-0.05, 0) is 63.2 Å². The van der Waals surface area contributed by atoms with E-state index in [1.54, 1.807) is 0 Å². The van der Waals surface area contributed by atoms with E-state index in [-0.39, 0.29) is 12.0 Å². The van der Waals surface area contributed by atoms with Gasteiger partial charge in [-0.1, -0.05) is 0 Å². The third-order valence-corrected chi connectivity index (χ3v) is 8.76. The van der Waals surface area contributed by atoms with E-state index in [9.17, 15) is 4.79 Å². The van der Waals surface area contributed by atoms with E-state index in [1.165, 1.54) is 52.2 Å². The number of esters is 1. The maximum Gasteiger partial charge on any atom is 0.323 e. The number of likely N-dealkylation sites (tertiary alicyclic amines) is 1. The zero-order chi connectivity index (χ0) is 21.1. The first-order valence-electron chi connectivity index (χ1n) is 12.1. The second-order valence-corrected chi connectivity index (χ2v) is 10.8. The van der Waals surface area contributed by atoms with Crippen molar-refractivity contribution in [3.05, 3.63) is 0 Å². The highest BCUT2D eigenvalue weighted by Crippen LogP contribution is 2.32. The molecular weight excluding hydrogens is 402 g/mol. The highest BCUT2D eigenvalue weighted by Gasteiger charge is 2.48. The van der Waals surface area contributed by atoms with Gasteiger partial charge in [0.25, 0.3) is 0 Å². The van der Waals surface area contributed by atoms with Gasteiger partial charge >= 0.3 is 5.97 Å². The number of carbonyl (C=O) groups is 1. The van der Waals surface area contributed by atoms with E-state index >= 15 is 0 Å². The highest BCUT2D eigenvalue weighted by molar-refractivity contribution is 6.20. The minimum atomic E-state index is -0.0840. The molecule has 2 saturated carbocycles. The lowest BCUT2D eigenvalue weighted by Crippen LogP contribution is -2.89. The first-order valence-corrected chi connectivity index (χ1v) is 12.6. The van der Waals surface area contributed by atoms with Gasteiger partial charge in [0.2, 0.25) is 0 Å². The second kappa shape index (κ2) is 10.5. The van der Waals surface area contributed by atoms with Crippen LogP contribution in [0.2, 0.25) is 0 Å². The number of nitrogens with two attached hydrogens (primary N) is 1. The van der Waals surface area contributed by atoms with E-state index in [1.807, 2.05) is 7.11 Å². The summed E-state index contributed by atoms with van der Waals surface area (Å²) in [5, 5.41) is 2.85. The molecule has 2 aliphatic carbocycles. The van der Waals surface area contributed by atoms with Gasteiger partial charge in [-0.2, -0.15) is 0 Å². The molecule has 6 nitrogen and oxygen atoms in total. The summed E-state index contributed by atoms with van der Waals surface area (Å²) in [4.78, 5) is 17.8. The minimum Gasteiger partial charge on any atom is -0.468 e. The average Bonchev–Trinajstić information content (AvgIpc) is 3.16. The van der Waals surface area contributed by atoms with Crippen molar-refractivity contribution in [2.24, 2.45) is 11.8 Å². The number of alkyl halides is 1. The Labute approximate surface area is 187 Å². The summed E-state index contributed by atoms with van der Waals surface area (Å²) in [5.74, 6) is 1.40. The predicted octanol–water partition coefficient (Wildman–Crippen LogP) is 1.81. The van der Waals surface area contributed by atoms with Crippen LogP contribution in [0.15, 0.2) is 0 Å². The molecule has 4 fully saturated rings. The maximum absolute atomic E-state index is 12.6. The van der Waals surface area contributed by atoms with Crippen molar-refractivity contribution in [1.29, 1.82) is 0 Å². The zero-order valence-corrected chi connectivity index (χ0v) is 19.6. The van der Waals surface area contributed by atoms with E-state index < -0.39 is 0 Å². The molecule has 7 heteroatoms. The van der Waals surface area contributed by atoms with Crippen molar-refractivity contribution >= 4 is 17.6 Å². The van der Waals surface area contributed by atoms with Crippen molar-refractivity contribution in [3.63, 3.8) is 0 Å². The average molecular weight is 443 g/mol. The van der Waals surface area contributed by atoms with Gasteiger partial charge in [-0.25, -0.2) is 4.90 Å². The zero-order valence-electron chi connectivity index (χ0n) is 18.8. The molecule has 4 aliphatic rings. The minimum absolute atomic E-state index is 0.0497. The fourth-order valence-electron chi connectivity index (χ4n) is 6.42. The number of nitrogens with zero attached hydrogens (tertiary/aromatic N) is 2. The van der Waals surface area contributed by atoms with Crippen LogP contribution >= 0.6 is 11.6 Å². The van der Waals surface area contributed by atoms with Crippen LogP contribution in [-0.4, -0.2) is 85.9 Å². The van der Waals surface area contributed by atoms with Crippen LogP contribution in [0.5, 0.6) is 0 Å². The van der Waals surface area contributed by atoms with Gasteiger partial charge in [0.1, 0.15) is 18.8 Å². The Balaban J connectivity index is 1.37. The number of methoxy groups -OCH3 is 2. The number of piperidine rings is 1. The molecule has 2 saturated heterocycles. The Morgan fingerprint density at radius 3 is 2.23 bits per heavy atom. The smallest absolute Gasteiger partial charge is 0.323 e. The summed E-state index contributed by atoms with van der Waals surface area (Å²) < 4.78 is 10.8. The molecule has 3 atom stereocenters. The van der Waals surface area contributed by atoms with Crippen LogP contribution in [-0.2, 0) is 14.3 Å². The Morgan fingerprint density at radius 2 is 1.60 bits per heavy atom. The van der Waals surface area contributed by atoms with E-state index in [0.717, 1.165) is 44.9 Å². The van der Waals surface area contributed by atoms with Gasteiger partial charge < -0.3 is 14.8 Å². The molecule has 0 radical (unpaired) electrons. The monoisotopic (exact) mass is 442 g/mol. The fourth-order valence-corrected chi connectivity index (χ4v) is 6.68. The molecule has 0 aromatic heterocycles. The number of carbonyl (C=O) groups excluding carboxylic acids is 1. The molecule has 172 valence electrons. The van der Waals surface area contributed by atoms with Crippen LogP contribution in [0.1, 0.15) is 57.8 Å². The summed E-state index contributed by atoms with van der Waals surface area (Å²) in [6.45, 7) is 4.27. The van der Waals surface area contributed by atoms with Crippen molar-refractivity contribution in [2.45, 2.75) is 87.4 Å². The Morgan fingerprint density at radius 1 is 0.967 bits per heavy atom. The van der Waals surface area contributed by atoms with Gasteiger partial charge in [0.05, 0.1) is 19.3 Å². The van der Waals surface area contributed by atoms with Crippen LogP contribution in [0.3, 0.4) is 0 Å². The SMILES string of the molecule is COC(=O)C1CC2[NH2+]CN(CC3CCC(Cl)CC3)C2CN1CC1CCC(OC)CC1. The molecule has 30 heavy (non-hydrogen) atoms. The standard InChI is InChI=1S/C23H40ClN3O3/c1-29-19-9-5-17(6-10-19)12-26-14-22-20(11-21(26)23(28)30-2)25-15-27(22)13-16-3-7-18(24)8-4-16/h16-22,25H,3-15H2,1-2H3/p+1. The normalized spacial score (nSPS) is 40.8. The van der Waals surface area contributed by atoms with Crippen LogP contribution < -0.4 is 5.32 Å². The molecule has 0 amide bonds. The Kier molecular flexibility index (Phi) is 7.96. The van der Waals surface area contributed by atoms with Gasteiger partial charge in [-0.15, -0.1) is 11.6 Å². The van der Waals surface area contributed by atoms with Crippen molar-refractivity contribution < 1.29 is 19.6 Å². The Hall–Kier alpha value is -0.400. The lowest BCUT2D eigenvalue weighted by atomic mass is 9.85. The molecule has 0 aromatic carbocycles. The molecule has 2 N–H and O–H groups in total. The van der Waals surface area contributed by atoms with Crippen molar-refractivity contribution in [3.8, 4) is 0 Å². The summed E-state index contributed by atoms with van der Waals surface area (Å²) in [6, 6.07) is 0.980. The molecule has 2 heterocycles. The van der Waals surface area contributed by atoms with Crippen molar-refractivity contribution in [2.75, 3.05) is 40.5 Å². The summed E-state index contributed by atoms with van der Waals surface area (Å²) >= 11 is 6.32. The van der Waals surface area contributed by atoms with Crippen LogP contribution in [0, 0.1) is 11.8 Å². The molecule has 3 unspecified atom stereocenters. The van der Waals surface area contributed by atoms with Gasteiger partial charge in [-0.3, -0.25) is 9.69 Å². The molecule has 2 aliphatic heterocycles. The maximum atomic E-state index is 12.6. The molecule has 0 aromatic rings. The molecule has 0 spiro atoms. The lowest BCUT2D eigenvalue weighted by Gasteiger charge is -2.43. The lowest BCUT2D eigenvalue weighted by molar-refractivity contribution is -0.678. The summed E-state index contributed by atoms with van der Waals surface area (Å²) in [5.41, 5.74) is 0. The van der Waals surface area contributed by atoms with E-state index in [2.05, 4.69) is 15.1 Å². The largest absolute Gasteiger partial charge is 0.468 e. The van der Waals surface area contributed by atoms with Gasteiger partial charge in [0, 0.05) is 38.5 Å². The van der Waals surface area contributed by atoms with Gasteiger partial charge in [0.15, 0.2) is 0 Å². The van der Waals surface area contributed by atoms with Crippen LogP contribution in [0.25, 0.3) is 0 Å². The van der Waals surface area contributed by atoms with Crippen molar-refractivity contribution in [1.82, 2.24) is 9.80 Å². The van der Waals surface area contributed by atoms with Crippen LogP contribution in [0.4, 0.5) is 0 Å². The van der Waals surface area contributed by atoms with E-state index in [4.69, 9.17) is 21.1 Å². The quantitative estimate of drug-likeness (QED) is 0.502. The fraction of sp³-hybridized carbons (Fsp3) is 0.957. The number of rotatable bonds is 6. The number of fused-ring (bicyclic) bond motifs is 1. The number of halogens is 1. The third-order valence-electron chi connectivity index (χ3n) is 8.33. The third kappa shape index (κ3) is 5.32. The molecular formula is C23H41ClN3O3+. The molecule has 4 rings (SSSR count). The van der Waals surface area contributed by atoms with E-state index in [0.29, 0.717) is 29.5 Å². The Bertz CT molecular complexity index is 564. The number of hydrogen-bond donors (Lipinski definition) is 1. The predicted molar refractivity (Wildman–Crippen MR) is 117 cm³/mol. The molecule has 0 bridgehead atoms. The topological polar surface area (TPSA) is 58.6 Å². The first-order chi connectivity index (χ1) is 14.6. The first kappa shape index (κ1) is 22.8. The summed E-state index contributed by atoms with van der Waals surface area (Å²) in [6.07, 6.45) is 10.9. The number of quaternary nitrogens is 1. The highest BCUT2D eigenvalue weighted by atomic mass is 35.5. The number of ether oxygens (including phenoxy) is 2. The number of hydrogen-bond acceptors (Lipinski definition) is 5.